The molecule has 2 amide bonds. The number of hydrogen-bond acceptors (Lipinski definition) is 4. The van der Waals surface area contributed by atoms with Crippen LogP contribution in [-0.4, -0.2) is 62.2 Å². The molecule has 8 heteroatoms. The van der Waals surface area contributed by atoms with Crippen molar-refractivity contribution in [1.29, 1.82) is 0 Å². The molecular weight excluding hydrogens is 390 g/mol. The standard InChI is InChI=1S/C21H31N3O4S/c1-23(29(27,28)19-10-6-3-7-11-19)16-20(25)22-18-12-14-24(15-13-18)21(26)17-8-4-2-5-9-17/h3,6-7,10-11,17-18H,2,4-5,8-9,12-16H2,1H3,(H,22,25). The van der Waals surface area contributed by atoms with Gasteiger partial charge in [-0.15, -0.1) is 0 Å². The number of benzene rings is 1. The van der Waals surface area contributed by atoms with Crippen LogP contribution in [0.1, 0.15) is 44.9 Å². The topological polar surface area (TPSA) is 86.8 Å². The molecule has 1 aliphatic heterocycles. The summed E-state index contributed by atoms with van der Waals surface area (Å²) in [7, 11) is -2.28. The minimum absolute atomic E-state index is 0.0225. The van der Waals surface area contributed by atoms with Crippen molar-refractivity contribution in [3.05, 3.63) is 30.3 Å². The zero-order valence-corrected chi connectivity index (χ0v) is 17.9. The van der Waals surface area contributed by atoms with E-state index in [1.54, 1.807) is 18.2 Å². The Labute approximate surface area is 173 Å². The van der Waals surface area contributed by atoms with Crippen molar-refractivity contribution in [2.45, 2.75) is 55.9 Å². The van der Waals surface area contributed by atoms with E-state index in [4.69, 9.17) is 0 Å². The van der Waals surface area contributed by atoms with Crippen LogP contribution in [0, 0.1) is 5.92 Å². The molecule has 1 aliphatic carbocycles. The number of carbonyl (C=O) groups is 2. The fraction of sp³-hybridized carbons (Fsp3) is 0.619. The second-order valence-corrected chi connectivity index (χ2v) is 10.1. The average molecular weight is 422 g/mol. The van der Waals surface area contributed by atoms with Gasteiger partial charge in [0.2, 0.25) is 21.8 Å². The van der Waals surface area contributed by atoms with Gasteiger partial charge in [0.25, 0.3) is 0 Å². The lowest BCUT2D eigenvalue weighted by Crippen LogP contribution is -2.50. The van der Waals surface area contributed by atoms with Crippen LogP contribution >= 0.6 is 0 Å². The first-order valence-electron chi connectivity index (χ1n) is 10.5. The molecule has 1 N–H and O–H groups in total. The number of likely N-dealkylation sites (tertiary alicyclic amines) is 1. The third kappa shape index (κ3) is 5.57. The first kappa shape index (κ1) is 21.8. The lowest BCUT2D eigenvalue weighted by atomic mass is 9.87. The third-order valence-electron chi connectivity index (χ3n) is 5.94. The highest BCUT2D eigenvalue weighted by Crippen LogP contribution is 2.26. The number of amides is 2. The van der Waals surface area contributed by atoms with Gasteiger partial charge >= 0.3 is 0 Å². The fourth-order valence-corrected chi connectivity index (χ4v) is 5.33. The largest absolute Gasteiger partial charge is 0.352 e. The number of nitrogens with zero attached hydrogens (tertiary/aromatic N) is 2. The normalized spacial score (nSPS) is 19.3. The van der Waals surface area contributed by atoms with Crippen LogP contribution in [-0.2, 0) is 19.6 Å². The molecule has 1 aromatic rings. The second-order valence-electron chi connectivity index (χ2n) is 8.08. The first-order chi connectivity index (χ1) is 13.9. The quantitative estimate of drug-likeness (QED) is 0.761. The Balaban J connectivity index is 1.45. The monoisotopic (exact) mass is 421 g/mol. The maximum absolute atomic E-state index is 12.6. The van der Waals surface area contributed by atoms with E-state index < -0.39 is 10.0 Å². The zero-order chi connectivity index (χ0) is 20.9. The van der Waals surface area contributed by atoms with Crippen LogP contribution in [0.3, 0.4) is 0 Å². The van der Waals surface area contributed by atoms with Gasteiger partial charge in [0.1, 0.15) is 0 Å². The highest BCUT2D eigenvalue weighted by atomic mass is 32.2. The van der Waals surface area contributed by atoms with E-state index >= 15 is 0 Å². The molecule has 1 aromatic carbocycles. The summed E-state index contributed by atoms with van der Waals surface area (Å²) in [5, 5.41) is 2.93. The minimum Gasteiger partial charge on any atom is -0.352 e. The number of likely N-dealkylation sites (N-methyl/N-ethyl adjacent to an activating group) is 1. The van der Waals surface area contributed by atoms with Gasteiger partial charge in [0.05, 0.1) is 11.4 Å². The fourth-order valence-electron chi connectivity index (χ4n) is 4.18. The Morgan fingerprint density at radius 2 is 1.66 bits per heavy atom. The highest BCUT2D eigenvalue weighted by molar-refractivity contribution is 7.89. The maximum Gasteiger partial charge on any atom is 0.243 e. The summed E-state index contributed by atoms with van der Waals surface area (Å²) in [6, 6.07) is 8.07. The predicted octanol–water partition coefficient (Wildman–Crippen LogP) is 1.99. The molecule has 1 saturated carbocycles. The van der Waals surface area contributed by atoms with E-state index in [9.17, 15) is 18.0 Å². The number of nitrogens with one attached hydrogen (secondary N) is 1. The molecule has 1 heterocycles. The Morgan fingerprint density at radius 1 is 1.03 bits per heavy atom. The smallest absolute Gasteiger partial charge is 0.243 e. The summed E-state index contributed by atoms with van der Waals surface area (Å²) in [5.74, 6) is 0.124. The number of carbonyl (C=O) groups excluding carboxylic acids is 2. The summed E-state index contributed by atoms with van der Waals surface area (Å²) in [6.45, 7) is 1.08. The lowest BCUT2D eigenvalue weighted by Gasteiger charge is -2.35. The van der Waals surface area contributed by atoms with Gasteiger partial charge < -0.3 is 10.2 Å². The molecule has 0 spiro atoms. The number of sulfonamides is 1. The maximum atomic E-state index is 12.6. The zero-order valence-electron chi connectivity index (χ0n) is 17.0. The molecule has 160 valence electrons. The molecule has 0 aromatic heterocycles. The van der Waals surface area contributed by atoms with Crippen molar-refractivity contribution in [2.24, 2.45) is 5.92 Å². The molecule has 2 fully saturated rings. The second kappa shape index (κ2) is 9.71. The molecule has 0 radical (unpaired) electrons. The summed E-state index contributed by atoms with van der Waals surface area (Å²) in [5.41, 5.74) is 0. The number of piperidine rings is 1. The molecule has 0 atom stereocenters. The van der Waals surface area contributed by atoms with Crippen LogP contribution in [0.5, 0.6) is 0 Å². The van der Waals surface area contributed by atoms with Crippen molar-refractivity contribution in [2.75, 3.05) is 26.7 Å². The average Bonchev–Trinajstić information content (AvgIpc) is 2.75. The number of rotatable bonds is 6. The Bertz CT molecular complexity index is 798. The highest BCUT2D eigenvalue weighted by Gasteiger charge is 2.30. The van der Waals surface area contributed by atoms with Gasteiger partial charge in [-0.3, -0.25) is 9.59 Å². The Morgan fingerprint density at radius 3 is 2.28 bits per heavy atom. The van der Waals surface area contributed by atoms with Crippen molar-refractivity contribution >= 4 is 21.8 Å². The van der Waals surface area contributed by atoms with Crippen LogP contribution in [0.25, 0.3) is 0 Å². The van der Waals surface area contributed by atoms with Gasteiger partial charge in [-0.25, -0.2) is 8.42 Å². The molecule has 7 nitrogen and oxygen atoms in total. The van der Waals surface area contributed by atoms with E-state index in [0.717, 1.165) is 30.0 Å². The van der Waals surface area contributed by atoms with Crippen molar-refractivity contribution in [3.63, 3.8) is 0 Å². The predicted molar refractivity (Wildman–Crippen MR) is 111 cm³/mol. The Kier molecular flexibility index (Phi) is 7.29. The summed E-state index contributed by atoms with van der Waals surface area (Å²) < 4.78 is 26.1. The summed E-state index contributed by atoms with van der Waals surface area (Å²) >= 11 is 0. The van der Waals surface area contributed by atoms with Gasteiger partial charge in [0, 0.05) is 32.1 Å². The van der Waals surface area contributed by atoms with E-state index in [1.165, 1.54) is 25.6 Å². The van der Waals surface area contributed by atoms with E-state index in [0.29, 0.717) is 25.9 Å². The first-order valence-corrected chi connectivity index (χ1v) is 11.9. The van der Waals surface area contributed by atoms with Crippen molar-refractivity contribution < 1.29 is 18.0 Å². The van der Waals surface area contributed by atoms with Crippen LogP contribution in [0.15, 0.2) is 35.2 Å². The van der Waals surface area contributed by atoms with Gasteiger partial charge in [-0.2, -0.15) is 4.31 Å². The molecule has 2 aliphatic rings. The molecular formula is C21H31N3O4S. The lowest BCUT2D eigenvalue weighted by molar-refractivity contribution is -0.137. The van der Waals surface area contributed by atoms with Gasteiger partial charge in [-0.1, -0.05) is 37.5 Å². The Hall–Kier alpha value is -1.93. The van der Waals surface area contributed by atoms with E-state index in [1.807, 2.05) is 4.90 Å². The molecule has 0 bridgehead atoms. The molecule has 1 saturated heterocycles. The molecule has 0 unspecified atom stereocenters. The number of hydrogen-bond donors (Lipinski definition) is 1. The SMILES string of the molecule is CN(CC(=O)NC1CCN(C(=O)C2CCCCC2)CC1)S(=O)(=O)c1ccccc1. The summed E-state index contributed by atoms with van der Waals surface area (Å²) in [6.07, 6.45) is 6.92. The van der Waals surface area contributed by atoms with Crippen LogP contribution in [0.4, 0.5) is 0 Å². The van der Waals surface area contributed by atoms with E-state index in [2.05, 4.69) is 5.32 Å². The van der Waals surface area contributed by atoms with Crippen molar-refractivity contribution in [3.8, 4) is 0 Å². The van der Waals surface area contributed by atoms with E-state index in [-0.39, 0.29) is 35.2 Å². The van der Waals surface area contributed by atoms with Gasteiger partial charge in [0.15, 0.2) is 0 Å². The van der Waals surface area contributed by atoms with Crippen LogP contribution < -0.4 is 5.32 Å². The van der Waals surface area contributed by atoms with Gasteiger partial charge in [-0.05, 0) is 37.8 Å². The summed E-state index contributed by atoms with van der Waals surface area (Å²) in [4.78, 5) is 27.1. The van der Waals surface area contributed by atoms with Crippen molar-refractivity contribution in [1.82, 2.24) is 14.5 Å². The molecule has 29 heavy (non-hydrogen) atoms. The van der Waals surface area contributed by atoms with Crippen LogP contribution in [0.2, 0.25) is 0 Å². The minimum atomic E-state index is -3.69. The molecule has 3 rings (SSSR count). The third-order valence-corrected chi connectivity index (χ3v) is 7.76.